The first-order valence-corrected chi connectivity index (χ1v) is 8.94. The minimum absolute atomic E-state index is 0.0677. The largest absolute Gasteiger partial charge is 0.496 e. The van der Waals surface area contributed by atoms with E-state index in [0.717, 1.165) is 5.56 Å². The van der Waals surface area contributed by atoms with Crippen molar-refractivity contribution in [1.29, 1.82) is 0 Å². The molecule has 1 atom stereocenters. The Kier molecular flexibility index (Phi) is 7.95. The molecule has 0 aliphatic carbocycles. The molecule has 0 heterocycles. The molecule has 0 unspecified atom stereocenters. The monoisotopic (exact) mass is 372 g/mol. The second-order valence-corrected chi connectivity index (χ2v) is 6.31. The first-order valence-electron chi connectivity index (χ1n) is 8.94. The number of amides is 1. The summed E-state index contributed by atoms with van der Waals surface area (Å²) in [6.07, 6.45) is 1.23. The molecular formula is C21H28N2O4. The van der Waals surface area contributed by atoms with Crippen molar-refractivity contribution >= 4 is 5.91 Å². The maximum atomic E-state index is 12.4. The van der Waals surface area contributed by atoms with Crippen molar-refractivity contribution in [1.82, 2.24) is 4.90 Å². The molecule has 6 nitrogen and oxygen atoms in total. The molecular weight excluding hydrogens is 344 g/mol. The highest BCUT2D eigenvalue weighted by Gasteiger charge is 2.18. The Morgan fingerprint density at radius 1 is 1.04 bits per heavy atom. The second kappa shape index (κ2) is 10.4. The van der Waals surface area contributed by atoms with Gasteiger partial charge in [0.1, 0.15) is 17.2 Å². The third kappa shape index (κ3) is 6.49. The van der Waals surface area contributed by atoms with Crippen LogP contribution < -0.4 is 19.9 Å². The summed E-state index contributed by atoms with van der Waals surface area (Å²) in [6.45, 7) is 1.05. The van der Waals surface area contributed by atoms with Crippen LogP contribution in [-0.4, -0.2) is 51.3 Å². The van der Waals surface area contributed by atoms with Crippen LogP contribution in [0.15, 0.2) is 48.5 Å². The number of benzene rings is 2. The lowest BCUT2D eigenvalue weighted by atomic mass is 10.1. The van der Waals surface area contributed by atoms with Gasteiger partial charge < -0.3 is 24.8 Å². The van der Waals surface area contributed by atoms with Gasteiger partial charge in [-0.1, -0.05) is 30.3 Å². The van der Waals surface area contributed by atoms with Gasteiger partial charge in [0.2, 0.25) is 5.91 Å². The van der Waals surface area contributed by atoms with Crippen LogP contribution >= 0.6 is 0 Å². The van der Waals surface area contributed by atoms with E-state index in [1.807, 2.05) is 30.3 Å². The lowest BCUT2D eigenvalue weighted by Crippen LogP contribution is -2.43. The third-order valence-corrected chi connectivity index (χ3v) is 4.22. The third-order valence-electron chi connectivity index (χ3n) is 4.22. The fourth-order valence-corrected chi connectivity index (χ4v) is 2.71. The van der Waals surface area contributed by atoms with Gasteiger partial charge >= 0.3 is 0 Å². The van der Waals surface area contributed by atoms with Crippen molar-refractivity contribution in [2.24, 2.45) is 5.73 Å². The van der Waals surface area contributed by atoms with Crippen LogP contribution in [0.3, 0.4) is 0 Å². The number of carbonyl (C=O) groups is 1. The average Bonchev–Trinajstić information content (AvgIpc) is 2.70. The molecule has 6 heteroatoms. The summed E-state index contributed by atoms with van der Waals surface area (Å²) in [7, 11) is 4.96. The second-order valence-electron chi connectivity index (χ2n) is 6.31. The fourth-order valence-electron chi connectivity index (χ4n) is 2.71. The van der Waals surface area contributed by atoms with E-state index in [1.165, 1.54) is 0 Å². The lowest BCUT2D eigenvalue weighted by molar-refractivity contribution is -0.131. The normalized spacial score (nSPS) is 11.6. The van der Waals surface area contributed by atoms with Crippen molar-refractivity contribution < 1.29 is 19.0 Å². The van der Waals surface area contributed by atoms with Gasteiger partial charge in [-0.2, -0.15) is 0 Å². The Bertz CT molecular complexity index is 699. The smallest absolute Gasteiger partial charge is 0.239 e. The Hall–Kier alpha value is -2.73. The molecule has 0 fully saturated rings. The van der Waals surface area contributed by atoms with Gasteiger partial charge in [0.05, 0.1) is 26.9 Å². The van der Waals surface area contributed by atoms with Gasteiger partial charge in [-0.15, -0.1) is 0 Å². The summed E-state index contributed by atoms with van der Waals surface area (Å²) in [6, 6.07) is 14.6. The average molecular weight is 372 g/mol. The number of methoxy groups -OCH3 is 2. The van der Waals surface area contributed by atoms with E-state index >= 15 is 0 Å². The molecule has 0 radical (unpaired) electrons. The minimum atomic E-state index is -0.541. The maximum absolute atomic E-state index is 12.4. The molecule has 0 aliphatic rings. The number of nitrogens with zero attached hydrogens (tertiary/aromatic N) is 1. The van der Waals surface area contributed by atoms with E-state index in [0.29, 0.717) is 43.2 Å². The van der Waals surface area contributed by atoms with E-state index in [1.54, 1.807) is 44.4 Å². The topological polar surface area (TPSA) is 74.0 Å². The molecule has 2 aromatic rings. The Balaban J connectivity index is 1.76. The number of nitrogens with two attached hydrogens (primary N) is 1. The zero-order valence-electron chi connectivity index (χ0n) is 16.2. The Morgan fingerprint density at radius 2 is 1.63 bits per heavy atom. The Labute approximate surface area is 160 Å². The van der Waals surface area contributed by atoms with E-state index in [2.05, 4.69) is 0 Å². The van der Waals surface area contributed by atoms with Crippen molar-refractivity contribution in [3.63, 3.8) is 0 Å². The molecule has 0 bridgehead atoms. The molecule has 27 heavy (non-hydrogen) atoms. The number of ether oxygens (including phenoxy) is 3. The van der Waals surface area contributed by atoms with Crippen molar-refractivity contribution in [2.75, 3.05) is 34.4 Å². The highest BCUT2D eigenvalue weighted by atomic mass is 16.5. The molecule has 146 valence electrons. The number of carbonyl (C=O) groups excluding carboxylic acids is 1. The van der Waals surface area contributed by atoms with Crippen molar-refractivity contribution in [3.05, 3.63) is 54.1 Å². The molecule has 2 N–H and O–H groups in total. The van der Waals surface area contributed by atoms with Crippen LogP contribution in [0, 0.1) is 0 Å². The zero-order chi connectivity index (χ0) is 19.6. The first kappa shape index (κ1) is 20.6. The standard InChI is InChI=1S/C21H28N2O4/c1-23(21(24)20(22)12-16-8-5-4-6-9-16)10-7-11-27-19-14-17(25-2)13-18(15-19)26-3/h4-6,8-9,13-15,20H,7,10-12,22H2,1-3H3/t20-/m0/s1. The van der Waals surface area contributed by atoms with Crippen molar-refractivity contribution in [2.45, 2.75) is 18.9 Å². The predicted molar refractivity (Wildman–Crippen MR) is 105 cm³/mol. The first-order chi connectivity index (χ1) is 13.0. The summed E-state index contributed by atoms with van der Waals surface area (Å²) in [5, 5.41) is 0. The number of rotatable bonds is 10. The van der Waals surface area contributed by atoms with Gasteiger partial charge in [-0.25, -0.2) is 0 Å². The van der Waals surface area contributed by atoms with Crippen LogP contribution in [0.2, 0.25) is 0 Å². The summed E-state index contributed by atoms with van der Waals surface area (Å²) >= 11 is 0. The van der Waals surface area contributed by atoms with Gasteiger partial charge in [-0.3, -0.25) is 4.79 Å². The molecule has 1 amide bonds. The van der Waals surface area contributed by atoms with E-state index in [4.69, 9.17) is 19.9 Å². The van der Waals surface area contributed by atoms with Gasteiger partial charge in [0.25, 0.3) is 0 Å². The number of hydrogen-bond acceptors (Lipinski definition) is 5. The summed E-state index contributed by atoms with van der Waals surface area (Å²) < 4.78 is 16.2. The van der Waals surface area contributed by atoms with Crippen molar-refractivity contribution in [3.8, 4) is 17.2 Å². The summed E-state index contributed by atoms with van der Waals surface area (Å²) in [5.41, 5.74) is 7.12. The maximum Gasteiger partial charge on any atom is 0.239 e. The van der Waals surface area contributed by atoms with Crippen LogP contribution in [0.5, 0.6) is 17.2 Å². The Morgan fingerprint density at radius 3 is 2.22 bits per heavy atom. The van der Waals surface area contributed by atoms with Gasteiger partial charge in [0, 0.05) is 31.8 Å². The fraction of sp³-hybridized carbons (Fsp3) is 0.381. The zero-order valence-corrected chi connectivity index (χ0v) is 16.2. The van der Waals surface area contributed by atoms with Crippen LogP contribution in [0.25, 0.3) is 0 Å². The van der Waals surface area contributed by atoms with E-state index in [-0.39, 0.29) is 5.91 Å². The highest BCUT2D eigenvalue weighted by Crippen LogP contribution is 2.27. The predicted octanol–water partition coefficient (Wildman–Crippen LogP) is 2.50. The molecule has 0 saturated heterocycles. The molecule has 2 rings (SSSR count). The van der Waals surface area contributed by atoms with Gasteiger partial charge in [-0.05, 0) is 18.4 Å². The number of hydrogen-bond donors (Lipinski definition) is 1. The summed E-state index contributed by atoms with van der Waals surface area (Å²) in [4.78, 5) is 14.1. The summed E-state index contributed by atoms with van der Waals surface area (Å²) in [5.74, 6) is 1.94. The number of likely N-dealkylation sites (N-methyl/N-ethyl adjacent to an activating group) is 1. The van der Waals surface area contributed by atoms with Gasteiger partial charge in [0.15, 0.2) is 0 Å². The lowest BCUT2D eigenvalue weighted by Gasteiger charge is -2.21. The molecule has 0 aliphatic heterocycles. The molecule has 2 aromatic carbocycles. The molecule has 0 spiro atoms. The van der Waals surface area contributed by atoms with Crippen LogP contribution in [0.1, 0.15) is 12.0 Å². The highest BCUT2D eigenvalue weighted by molar-refractivity contribution is 5.81. The van der Waals surface area contributed by atoms with Crippen LogP contribution in [-0.2, 0) is 11.2 Å². The van der Waals surface area contributed by atoms with Crippen LogP contribution in [0.4, 0.5) is 0 Å². The molecule has 0 aromatic heterocycles. The SMILES string of the molecule is COc1cc(OC)cc(OCCCN(C)C(=O)[C@@H](N)Cc2ccccc2)c1. The van der Waals surface area contributed by atoms with E-state index < -0.39 is 6.04 Å². The van der Waals surface area contributed by atoms with E-state index in [9.17, 15) is 4.79 Å². The molecule has 0 saturated carbocycles. The minimum Gasteiger partial charge on any atom is -0.496 e. The quantitative estimate of drug-likeness (QED) is 0.649.